The van der Waals surface area contributed by atoms with Crippen LogP contribution in [0.4, 0.5) is 13.2 Å². The number of hydrogen-bond acceptors (Lipinski definition) is 2. The average Bonchev–Trinajstić information content (AvgIpc) is 2.26. The van der Waals surface area contributed by atoms with Gasteiger partial charge in [-0.05, 0) is 11.6 Å². The lowest BCUT2D eigenvalue weighted by Gasteiger charge is -2.15. The third kappa shape index (κ3) is 2.99. The maximum Gasteiger partial charge on any atom is 0.417 e. The molecule has 4 nitrogen and oxygen atoms in total. The summed E-state index contributed by atoms with van der Waals surface area (Å²) in [4.78, 5) is 22.1. The number of rotatable bonds is 3. The molecule has 0 heterocycles. The van der Waals surface area contributed by atoms with E-state index in [0.717, 1.165) is 12.1 Å². The highest BCUT2D eigenvalue weighted by Gasteiger charge is 2.37. The summed E-state index contributed by atoms with van der Waals surface area (Å²) in [6, 6.07) is 3.39. The van der Waals surface area contributed by atoms with Gasteiger partial charge in [0.2, 0.25) is 11.8 Å². The van der Waals surface area contributed by atoms with E-state index in [-0.39, 0.29) is 5.56 Å². The molecule has 7 heteroatoms. The van der Waals surface area contributed by atoms with E-state index in [1.165, 1.54) is 13.1 Å². The van der Waals surface area contributed by atoms with Gasteiger partial charge >= 0.3 is 6.18 Å². The van der Waals surface area contributed by atoms with Crippen LogP contribution in [-0.4, -0.2) is 18.9 Å². The Hall–Kier alpha value is -2.05. The summed E-state index contributed by atoms with van der Waals surface area (Å²) in [6.45, 7) is 0. The first-order valence-corrected chi connectivity index (χ1v) is 4.96. The van der Waals surface area contributed by atoms with Crippen LogP contribution in [0.25, 0.3) is 0 Å². The number of nitrogens with two attached hydrogens (primary N) is 1. The van der Waals surface area contributed by atoms with Gasteiger partial charge in [-0.25, -0.2) is 0 Å². The standard InChI is InChI=1S/C11H11F3N2O2/c1-16-8(17)5-6-3-2-4-7(10(15)18)9(6)11(12,13)14/h2-4H,5H2,1H3,(H2,15,18)(H,16,17). The number of benzene rings is 1. The molecule has 1 rings (SSSR count). The van der Waals surface area contributed by atoms with Gasteiger partial charge in [0.1, 0.15) is 0 Å². The van der Waals surface area contributed by atoms with Crippen molar-refractivity contribution in [2.75, 3.05) is 7.05 Å². The molecular weight excluding hydrogens is 249 g/mol. The molecule has 0 spiro atoms. The molecule has 2 amide bonds. The highest BCUT2D eigenvalue weighted by atomic mass is 19.4. The normalized spacial score (nSPS) is 11.1. The van der Waals surface area contributed by atoms with Crippen LogP contribution in [0.1, 0.15) is 21.5 Å². The van der Waals surface area contributed by atoms with E-state index in [4.69, 9.17) is 5.73 Å². The van der Waals surface area contributed by atoms with Crippen molar-refractivity contribution in [2.24, 2.45) is 5.73 Å². The molecule has 1 aromatic rings. The largest absolute Gasteiger partial charge is 0.417 e. The van der Waals surface area contributed by atoms with Crippen LogP contribution < -0.4 is 11.1 Å². The number of alkyl halides is 3. The average molecular weight is 260 g/mol. The fraction of sp³-hybridized carbons (Fsp3) is 0.273. The molecule has 98 valence electrons. The van der Waals surface area contributed by atoms with Gasteiger partial charge in [-0.3, -0.25) is 9.59 Å². The zero-order chi connectivity index (χ0) is 13.9. The lowest BCUT2D eigenvalue weighted by atomic mass is 9.97. The van der Waals surface area contributed by atoms with Crippen molar-refractivity contribution in [2.45, 2.75) is 12.6 Å². The Kier molecular flexibility index (Phi) is 3.95. The second kappa shape index (κ2) is 5.07. The molecule has 3 N–H and O–H groups in total. The third-order valence-electron chi connectivity index (χ3n) is 2.33. The van der Waals surface area contributed by atoms with Crippen molar-refractivity contribution >= 4 is 11.8 Å². The summed E-state index contributed by atoms with van der Waals surface area (Å²) in [5, 5.41) is 2.22. The van der Waals surface area contributed by atoms with Gasteiger partial charge in [0.05, 0.1) is 17.5 Å². The van der Waals surface area contributed by atoms with Gasteiger partial charge in [-0.1, -0.05) is 12.1 Å². The lowest BCUT2D eigenvalue weighted by Crippen LogP contribution is -2.25. The smallest absolute Gasteiger partial charge is 0.366 e. The molecule has 0 aliphatic carbocycles. The van der Waals surface area contributed by atoms with Crippen LogP contribution >= 0.6 is 0 Å². The summed E-state index contributed by atoms with van der Waals surface area (Å²) < 4.78 is 38.7. The monoisotopic (exact) mass is 260 g/mol. The van der Waals surface area contributed by atoms with Gasteiger partial charge < -0.3 is 11.1 Å². The van der Waals surface area contributed by atoms with Crippen molar-refractivity contribution in [1.82, 2.24) is 5.32 Å². The fourth-order valence-corrected chi connectivity index (χ4v) is 1.55. The van der Waals surface area contributed by atoms with Gasteiger partial charge in [0.15, 0.2) is 0 Å². The van der Waals surface area contributed by atoms with Crippen molar-refractivity contribution in [3.05, 3.63) is 34.9 Å². The zero-order valence-corrected chi connectivity index (χ0v) is 9.47. The Morgan fingerprint density at radius 3 is 2.39 bits per heavy atom. The summed E-state index contributed by atoms with van der Waals surface area (Å²) in [6.07, 6.45) is -5.21. The molecule has 18 heavy (non-hydrogen) atoms. The third-order valence-corrected chi connectivity index (χ3v) is 2.33. The van der Waals surface area contributed by atoms with E-state index >= 15 is 0 Å². The summed E-state index contributed by atoms with van der Waals surface area (Å²) in [5.41, 5.74) is 2.84. The minimum Gasteiger partial charge on any atom is -0.366 e. The van der Waals surface area contributed by atoms with Crippen molar-refractivity contribution < 1.29 is 22.8 Å². The van der Waals surface area contributed by atoms with E-state index in [1.807, 2.05) is 0 Å². The van der Waals surface area contributed by atoms with E-state index < -0.39 is 35.5 Å². The molecule has 0 aliphatic heterocycles. The molecule has 0 aliphatic rings. The minimum atomic E-state index is -4.74. The number of primary amides is 1. The SMILES string of the molecule is CNC(=O)Cc1cccc(C(N)=O)c1C(F)(F)F. The molecule has 0 radical (unpaired) electrons. The van der Waals surface area contributed by atoms with Crippen molar-refractivity contribution in [1.29, 1.82) is 0 Å². The van der Waals surface area contributed by atoms with Crippen LogP contribution in [0.15, 0.2) is 18.2 Å². The second-order valence-electron chi connectivity index (χ2n) is 3.55. The summed E-state index contributed by atoms with van der Waals surface area (Å²) >= 11 is 0. The Bertz CT molecular complexity index is 484. The van der Waals surface area contributed by atoms with Gasteiger partial charge in [0.25, 0.3) is 0 Å². The highest BCUT2D eigenvalue weighted by Crippen LogP contribution is 2.34. The highest BCUT2D eigenvalue weighted by molar-refractivity contribution is 5.95. The van der Waals surface area contributed by atoms with Gasteiger partial charge in [-0.15, -0.1) is 0 Å². The molecule has 0 saturated heterocycles. The predicted molar refractivity (Wildman–Crippen MR) is 57.7 cm³/mol. The maximum absolute atomic E-state index is 12.9. The first kappa shape index (κ1) is 14.0. The zero-order valence-electron chi connectivity index (χ0n) is 9.47. The maximum atomic E-state index is 12.9. The van der Waals surface area contributed by atoms with Crippen LogP contribution in [0, 0.1) is 0 Å². The van der Waals surface area contributed by atoms with Crippen LogP contribution in [0.5, 0.6) is 0 Å². The van der Waals surface area contributed by atoms with Crippen molar-refractivity contribution in [3.63, 3.8) is 0 Å². The van der Waals surface area contributed by atoms with Gasteiger partial charge in [-0.2, -0.15) is 13.2 Å². The Morgan fingerprint density at radius 2 is 1.94 bits per heavy atom. The number of likely N-dealkylation sites (N-methyl/N-ethyl adjacent to an activating group) is 1. The van der Waals surface area contributed by atoms with E-state index in [9.17, 15) is 22.8 Å². The number of amides is 2. The Labute approximate surface area is 101 Å². The van der Waals surface area contributed by atoms with E-state index in [1.54, 1.807) is 0 Å². The molecular formula is C11H11F3N2O2. The molecule has 0 saturated carbocycles. The Morgan fingerprint density at radius 1 is 1.33 bits per heavy atom. The van der Waals surface area contributed by atoms with E-state index in [2.05, 4.69) is 5.32 Å². The molecule has 0 atom stereocenters. The molecule has 0 unspecified atom stereocenters. The predicted octanol–water partition coefficient (Wildman–Crippen LogP) is 1.09. The number of carbonyl (C=O) groups excluding carboxylic acids is 2. The molecule has 0 bridgehead atoms. The summed E-state index contributed by atoms with van der Waals surface area (Å²) in [5.74, 6) is -1.76. The lowest BCUT2D eigenvalue weighted by molar-refractivity contribution is -0.138. The van der Waals surface area contributed by atoms with Crippen molar-refractivity contribution in [3.8, 4) is 0 Å². The van der Waals surface area contributed by atoms with Crippen LogP contribution in [0.2, 0.25) is 0 Å². The van der Waals surface area contributed by atoms with E-state index in [0.29, 0.717) is 0 Å². The number of nitrogens with one attached hydrogen (secondary N) is 1. The first-order chi connectivity index (χ1) is 8.27. The number of carbonyl (C=O) groups is 2. The second-order valence-corrected chi connectivity index (χ2v) is 3.55. The first-order valence-electron chi connectivity index (χ1n) is 4.96. The quantitative estimate of drug-likeness (QED) is 0.854. The van der Waals surface area contributed by atoms with Crippen LogP contribution in [-0.2, 0) is 17.4 Å². The number of halogens is 3. The number of hydrogen-bond donors (Lipinski definition) is 2. The summed E-state index contributed by atoms with van der Waals surface area (Å²) in [7, 11) is 1.31. The van der Waals surface area contributed by atoms with Gasteiger partial charge in [0, 0.05) is 7.05 Å². The fourth-order valence-electron chi connectivity index (χ4n) is 1.55. The molecule has 0 fully saturated rings. The Balaban J connectivity index is 3.38. The topological polar surface area (TPSA) is 72.2 Å². The minimum absolute atomic E-state index is 0.279. The molecule has 0 aromatic heterocycles. The van der Waals surface area contributed by atoms with Crippen LogP contribution in [0.3, 0.4) is 0 Å². The molecule has 1 aromatic carbocycles.